The van der Waals surface area contributed by atoms with Crippen LogP contribution in [0.25, 0.3) is 0 Å². The molecule has 110 valence electrons. The molecule has 0 aliphatic heterocycles. The highest BCUT2D eigenvalue weighted by atomic mass is 35.5. The molecule has 0 radical (unpaired) electrons. The summed E-state index contributed by atoms with van der Waals surface area (Å²) in [6.07, 6.45) is 3.98. The lowest BCUT2D eigenvalue weighted by atomic mass is 9.65. The molecule has 1 nitrogen and oxygen atoms in total. The fourth-order valence-corrected chi connectivity index (χ4v) is 4.97. The van der Waals surface area contributed by atoms with Crippen molar-refractivity contribution in [3.05, 3.63) is 28.3 Å². The van der Waals surface area contributed by atoms with Crippen LogP contribution in [0.4, 0.5) is 0 Å². The number of hydrogen-bond donors (Lipinski definition) is 0. The number of ether oxygens (including phenoxy) is 1. The van der Waals surface area contributed by atoms with E-state index in [1.165, 1.54) is 24.8 Å². The van der Waals surface area contributed by atoms with Crippen molar-refractivity contribution in [1.29, 1.82) is 0 Å². The van der Waals surface area contributed by atoms with Gasteiger partial charge in [-0.05, 0) is 72.1 Å². The smallest absolute Gasteiger partial charge is 0.122 e. The molecule has 0 N–H and O–H groups in total. The van der Waals surface area contributed by atoms with Crippen LogP contribution in [0.1, 0.15) is 57.1 Å². The van der Waals surface area contributed by atoms with Crippen LogP contribution in [0.15, 0.2) is 12.1 Å². The Labute approximate surface area is 127 Å². The summed E-state index contributed by atoms with van der Waals surface area (Å²) in [6, 6.07) is 4.25. The van der Waals surface area contributed by atoms with E-state index in [-0.39, 0.29) is 0 Å². The first-order valence-corrected chi connectivity index (χ1v) is 8.03. The van der Waals surface area contributed by atoms with Gasteiger partial charge < -0.3 is 4.74 Å². The maximum Gasteiger partial charge on any atom is 0.122 e. The molecule has 2 aliphatic rings. The summed E-state index contributed by atoms with van der Waals surface area (Å²) in [5.41, 5.74) is 3.20. The number of benzene rings is 1. The molecule has 0 amide bonds. The van der Waals surface area contributed by atoms with Crippen LogP contribution in [0.2, 0.25) is 5.02 Å². The predicted octanol–water partition coefficient (Wildman–Crippen LogP) is 5.59. The summed E-state index contributed by atoms with van der Waals surface area (Å²) in [6.45, 7) is 9.42. The van der Waals surface area contributed by atoms with Crippen LogP contribution in [0, 0.1) is 23.7 Å². The number of fused-ring (bicyclic) bond motifs is 2. The molecule has 2 saturated carbocycles. The molecule has 2 heteroatoms. The van der Waals surface area contributed by atoms with Crippen LogP contribution >= 0.6 is 11.6 Å². The Balaban J connectivity index is 2.10. The van der Waals surface area contributed by atoms with Gasteiger partial charge in [-0.2, -0.15) is 0 Å². The van der Waals surface area contributed by atoms with Crippen LogP contribution in [0.3, 0.4) is 0 Å². The maximum absolute atomic E-state index is 6.38. The first-order valence-electron chi connectivity index (χ1n) is 7.65. The highest BCUT2D eigenvalue weighted by Crippen LogP contribution is 2.71. The lowest BCUT2D eigenvalue weighted by Gasteiger charge is -2.40. The van der Waals surface area contributed by atoms with E-state index in [1.54, 1.807) is 7.11 Å². The average Bonchev–Trinajstić information content (AvgIpc) is 2.74. The molecule has 0 heterocycles. The van der Waals surface area contributed by atoms with E-state index < -0.39 is 0 Å². The molecule has 2 fully saturated rings. The molecule has 2 bridgehead atoms. The molecule has 3 atom stereocenters. The van der Waals surface area contributed by atoms with Crippen molar-refractivity contribution < 1.29 is 4.74 Å². The quantitative estimate of drug-likeness (QED) is 0.691. The molecule has 0 aromatic heterocycles. The normalized spacial score (nSPS) is 34.5. The summed E-state index contributed by atoms with van der Waals surface area (Å²) in [7, 11) is 1.77. The minimum absolute atomic E-state index is 0.365. The van der Waals surface area contributed by atoms with Gasteiger partial charge in [0.15, 0.2) is 0 Å². The Bertz CT molecular complexity index is 549. The molecular weight excluding hydrogens is 268 g/mol. The van der Waals surface area contributed by atoms with Gasteiger partial charge in [0, 0.05) is 5.02 Å². The monoisotopic (exact) mass is 292 g/mol. The second-order valence-electron chi connectivity index (χ2n) is 7.51. The van der Waals surface area contributed by atoms with Gasteiger partial charge in [-0.3, -0.25) is 0 Å². The van der Waals surface area contributed by atoms with Gasteiger partial charge in [0.1, 0.15) is 5.75 Å². The number of aryl methyl sites for hydroxylation is 1. The average molecular weight is 293 g/mol. The molecule has 1 aromatic rings. The lowest BCUT2D eigenvalue weighted by Crippen LogP contribution is -2.31. The van der Waals surface area contributed by atoms with Crippen LogP contribution in [-0.4, -0.2) is 7.11 Å². The topological polar surface area (TPSA) is 9.23 Å². The SMILES string of the molecule is COc1cc(C)c(Cl)cc1C1CC2CCC1(C)C2(C)C. The van der Waals surface area contributed by atoms with Gasteiger partial charge in [0.2, 0.25) is 0 Å². The third kappa shape index (κ3) is 1.68. The van der Waals surface area contributed by atoms with Gasteiger partial charge >= 0.3 is 0 Å². The second kappa shape index (κ2) is 4.40. The summed E-state index contributed by atoms with van der Waals surface area (Å²) in [5, 5.41) is 0.866. The van der Waals surface area contributed by atoms with Crippen molar-refractivity contribution in [2.45, 2.75) is 52.9 Å². The largest absolute Gasteiger partial charge is 0.496 e. The Morgan fingerprint density at radius 2 is 1.95 bits per heavy atom. The predicted molar refractivity (Wildman–Crippen MR) is 84.7 cm³/mol. The Morgan fingerprint density at radius 3 is 2.45 bits per heavy atom. The van der Waals surface area contributed by atoms with E-state index in [4.69, 9.17) is 16.3 Å². The van der Waals surface area contributed by atoms with E-state index in [2.05, 4.69) is 32.9 Å². The minimum Gasteiger partial charge on any atom is -0.496 e. The van der Waals surface area contributed by atoms with Crippen molar-refractivity contribution >= 4 is 11.6 Å². The maximum atomic E-state index is 6.38. The van der Waals surface area contributed by atoms with Gasteiger partial charge in [-0.1, -0.05) is 32.4 Å². The third-order valence-corrected chi connectivity index (χ3v) is 7.09. The summed E-state index contributed by atoms with van der Waals surface area (Å²) < 4.78 is 5.66. The van der Waals surface area contributed by atoms with Crippen molar-refractivity contribution in [2.75, 3.05) is 7.11 Å². The molecule has 3 unspecified atom stereocenters. The van der Waals surface area contributed by atoms with Gasteiger partial charge in [0.25, 0.3) is 0 Å². The van der Waals surface area contributed by atoms with E-state index in [0.29, 0.717) is 16.7 Å². The highest BCUT2D eigenvalue weighted by Gasteiger charge is 2.61. The number of hydrogen-bond acceptors (Lipinski definition) is 1. The van der Waals surface area contributed by atoms with Gasteiger partial charge in [-0.25, -0.2) is 0 Å². The van der Waals surface area contributed by atoms with E-state index in [1.807, 2.05) is 6.92 Å². The molecule has 0 saturated heterocycles. The zero-order valence-corrected chi connectivity index (χ0v) is 14.0. The first kappa shape index (κ1) is 14.3. The first-order chi connectivity index (χ1) is 9.31. The van der Waals surface area contributed by atoms with Crippen molar-refractivity contribution in [3.63, 3.8) is 0 Å². The number of rotatable bonds is 2. The zero-order chi connectivity index (χ0) is 14.7. The van der Waals surface area contributed by atoms with Gasteiger partial charge in [0.05, 0.1) is 7.11 Å². The summed E-state index contributed by atoms with van der Waals surface area (Å²) >= 11 is 6.38. The number of methoxy groups -OCH3 is 1. The van der Waals surface area contributed by atoms with E-state index in [0.717, 1.165) is 22.3 Å². The number of halogens is 1. The van der Waals surface area contributed by atoms with Crippen LogP contribution in [-0.2, 0) is 0 Å². The lowest BCUT2D eigenvalue weighted by molar-refractivity contribution is 0.133. The molecule has 1 aromatic carbocycles. The van der Waals surface area contributed by atoms with Gasteiger partial charge in [-0.15, -0.1) is 0 Å². The third-order valence-electron chi connectivity index (χ3n) is 6.68. The molecule has 2 aliphatic carbocycles. The molecule has 0 spiro atoms. The van der Waals surface area contributed by atoms with Crippen LogP contribution < -0.4 is 4.74 Å². The summed E-state index contributed by atoms with van der Waals surface area (Å²) in [5.74, 6) is 2.42. The fourth-order valence-electron chi connectivity index (χ4n) is 4.79. The highest BCUT2D eigenvalue weighted by molar-refractivity contribution is 6.31. The fraction of sp³-hybridized carbons (Fsp3) is 0.667. The minimum atomic E-state index is 0.365. The van der Waals surface area contributed by atoms with Crippen molar-refractivity contribution in [1.82, 2.24) is 0 Å². The standard InChI is InChI=1S/C18H25ClO/c1-11-8-16(20-5)13(10-15(11)19)14-9-12-6-7-18(14,4)17(12,2)3/h8,10,12,14H,6-7,9H2,1-5H3. The van der Waals surface area contributed by atoms with E-state index in [9.17, 15) is 0 Å². The zero-order valence-electron chi connectivity index (χ0n) is 13.2. The molecule has 20 heavy (non-hydrogen) atoms. The molecular formula is C18H25ClO. The Hall–Kier alpha value is -0.690. The van der Waals surface area contributed by atoms with Crippen molar-refractivity contribution in [2.24, 2.45) is 16.7 Å². The molecule has 3 rings (SSSR count). The Morgan fingerprint density at radius 1 is 1.25 bits per heavy atom. The Kier molecular flexibility index (Phi) is 3.14. The second-order valence-corrected chi connectivity index (χ2v) is 7.91. The van der Waals surface area contributed by atoms with Crippen molar-refractivity contribution in [3.8, 4) is 5.75 Å². The van der Waals surface area contributed by atoms with E-state index >= 15 is 0 Å². The summed E-state index contributed by atoms with van der Waals surface area (Å²) in [4.78, 5) is 0. The van der Waals surface area contributed by atoms with Crippen LogP contribution in [0.5, 0.6) is 5.75 Å².